The molecule has 0 amide bonds. The summed E-state index contributed by atoms with van der Waals surface area (Å²) in [4.78, 5) is 4.50. The number of hydrogen-bond acceptors (Lipinski definition) is 4. The van der Waals surface area contributed by atoms with E-state index in [0.717, 1.165) is 28.1 Å². The van der Waals surface area contributed by atoms with Gasteiger partial charge in [-0.3, -0.25) is 0 Å². The van der Waals surface area contributed by atoms with Crippen LogP contribution in [0.15, 0.2) is 60.7 Å². The summed E-state index contributed by atoms with van der Waals surface area (Å²) in [5, 5.41) is 1.58. The second kappa shape index (κ2) is 7.32. The van der Waals surface area contributed by atoms with Gasteiger partial charge in [0.2, 0.25) is 5.88 Å². The molecule has 2 N–H and O–H groups in total. The van der Waals surface area contributed by atoms with Crippen molar-refractivity contribution in [2.45, 2.75) is 13.5 Å². The molecule has 2 aromatic carbocycles. The fourth-order valence-corrected chi connectivity index (χ4v) is 2.63. The summed E-state index contributed by atoms with van der Waals surface area (Å²) in [6, 6.07) is 17.7. The van der Waals surface area contributed by atoms with Crippen LogP contribution in [0.3, 0.4) is 0 Å². The van der Waals surface area contributed by atoms with Gasteiger partial charge < -0.3 is 9.75 Å². The standard InChI is InChI=1S/C20H20FN3O/c1-14-5-3-7-19(24(2)22)17(14)13-25-20-8-4-6-18(23-20)15-9-11-16(21)12-10-15/h3-12H,13,22H2,1-2H3. The molecule has 0 radical (unpaired) electrons. The number of aryl methyl sites for hydroxylation is 1. The Kier molecular flexibility index (Phi) is 4.95. The summed E-state index contributed by atoms with van der Waals surface area (Å²) < 4.78 is 19.0. The molecule has 3 aromatic rings. The molecule has 128 valence electrons. The summed E-state index contributed by atoms with van der Waals surface area (Å²) in [6.45, 7) is 2.39. The van der Waals surface area contributed by atoms with E-state index in [4.69, 9.17) is 10.6 Å². The van der Waals surface area contributed by atoms with Gasteiger partial charge >= 0.3 is 0 Å². The Hall–Kier alpha value is -2.92. The molecule has 3 rings (SSSR count). The lowest BCUT2D eigenvalue weighted by Crippen LogP contribution is -2.26. The fourth-order valence-electron chi connectivity index (χ4n) is 2.63. The van der Waals surface area contributed by atoms with Gasteiger partial charge in [0.25, 0.3) is 0 Å². The molecule has 0 unspecified atom stereocenters. The van der Waals surface area contributed by atoms with Crippen molar-refractivity contribution in [1.29, 1.82) is 0 Å². The van der Waals surface area contributed by atoms with Gasteiger partial charge in [0, 0.05) is 24.2 Å². The Balaban J connectivity index is 1.81. The lowest BCUT2D eigenvalue weighted by atomic mass is 10.1. The number of anilines is 1. The van der Waals surface area contributed by atoms with E-state index in [1.807, 2.05) is 37.3 Å². The molecule has 1 aromatic heterocycles. The van der Waals surface area contributed by atoms with Crippen LogP contribution in [-0.2, 0) is 6.61 Å². The van der Waals surface area contributed by atoms with Crippen molar-refractivity contribution in [3.8, 4) is 17.1 Å². The van der Waals surface area contributed by atoms with Gasteiger partial charge in [-0.2, -0.15) is 0 Å². The summed E-state index contributed by atoms with van der Waals surface area (Å²) in [5.74, 6) is 6.14. The SMILES string of the molecule is Cc1cccc(N(C)N)c1COc1cccc(-c2ccc(F)cc2)n1. The number of aromatic nitrogens is 1. The van der Waals surface area contributed by atoms with Crippen LogP contribution in [0.25, 0.3) is 11.3 Å². The Morgan fingerprint density at radius 1 is 1.04 bits per heavy atom. The summed E-state index contributed by atoms with van der Waals surface area (Å²) >= 11 is 0. The number of rotatable bonds is 5. The Bertz CT molecular complexity index is 863. The molecule has 25 heavy (non-hydrogen) atoms. The molecule has 0 atom stereocenters. The van der Waals surface area contributed by atoms with Crippen LogP contribution in [0.5, 0.6) is 5.88 Å². The van der Waals surface area contributed by atoms with Crippen LogP contribution < -0.4 is 15.6 Å². The monoisotopic (exact) mass is 337 g/mol. The lowest BCUT2D eigenvalue weighted by Gasteiger charge is -2.19. The molecular formula is C20H20FN3O. The van der Waals surface area contributed by atoms with Crippen molar-refractivity contribution in [2.75, 3.05) is 12.1 Å². The van der Waals surface area contributed by atoms with Gasteiger partial charge in [-0.25, -0.2) is 15.2 Å². The molecule has 0 bridgehead atoms. The Labute approximate surface area is 146 Å². The van der Waals surface area contributed by atoms with E-state index in [1.54, 1.807) is 30.3 Å². The topological polar surface area (TPSA) is 51.4 Å². The molecule has 0 saturated carbocycles. The third kappa shape index (κ3) is 3.95. The van der Waals surface area contributed by atoms with Gasteiger partial charge in [-0.05, 0) is 48.9 Å². The molecule has 1 heterocycles. The number of benzene rings is 2. The second-order valence-electron chi connectivity index (χ2n) is 5.84. The number of ether oxygens (including phenoxy) is 1. The third-order valence-corrected chi connectivity index (χ3v) is 3.99. The summed E-state index contributed by atoms with van der Waals surface area (Å²) in [7, 11) is 1.80. The summed E-state index contributed by atoms with van der Waals surface area (Å²) in [5.41, 5.74) is 4.60. The third-order valence-electron chi connectivity index (χ3n) is 3.99. The molecule has 0 saturated heterocycles. The minimum absolute atomic E-state index is 0.269. The lowest BCUT2D eigenvalue weighted by molar-refractivity contribution is 0.294. The van der Waals surface area contributed by atoms with Crippen molar-refractivity contribution in [3.05, 3.63) is 77.6 Å². The van der Waals surface area contributed by atoms with E-state index in [0.29, 0.717) is 12.5 Å². The second-order valence-corrected chi connectivity index (χ2v) is 5.84. The minimum Gasteiger partial charge on any atom is -0.473 e. The molecule has 4 nitrogen and oxygen atoms in total. The molecule has 0 fully saturated rings. The molecule has 0 aliphatic heterocycles. The molecule has 5 heteroatoms. The number of halogens is 1. The number of hydrazine groups is 1. The van der Waals surface area contributed by atoms with Crippen LogP contribution in [0.1, 0.15) is 11.1 Å². The molecule has 0 aliphatic rings. The highest BCUT2D eigenvalue weighted by atomic mass is 19.1. The number of hydrogen-bond donors (Lipinski definition) is 1. The molecule has 0 aliphatic carbocycles. The van der Waals surface area contributed by atoms with Crippen LogP contribution in [0.2, 0.25) is 0 Å². The number of pyridine rings is 1. The zero-order chi connectivity index (χ0) is 17.8. The van der Waals surface area contributed by atoms with E-state index < -0.39 is 0 Å². The maximum Gasteiger partial charge on any atom is 0.214 e. The fraction of sp³-hybridized carbons (Fsp3) is 0.150. The van der Waals surface area contributed by atoms with Gasteiger partial charge in [0.05, 0.1) is 11.4 Å². The van der Waals surface area contributed by atoms with E-state index in [2.05, 4.69) is 4.98 Å². The largest absolute Gasteiger partial charge is 0.473 e. The van der Waals surface area contributed by atoms with Crippen molar-refractivity contribution in [2.24, 2.45) is 5.84 Å². The maximum absolute atomic E-state index is 13.1. The molecule has 0 spiro atoms. The predicted octanol–water partition coefficient (Wildman–Crippen LogP) is 4.09. The smallest absolute Gasteiger partial charge is 0.214 e. The maximum atomic E-state index is 13.1. The van der Waals surface area contributed by atoms with Crippen LogP contribution in [0, 0.1) is 12.7 Å². The number of nitrogens with two attached hydrogens (primary N) is 1. The van der Waals surface area contributed by atoms with E-state index in [9.17, 15) is 4.39 Å². The molecular weight excluding hydrogens is 317 g/mol. The zero-order valence-corrected chi connectivity index (χ0v) is 14.2. The van der Waals surface area contributed by atoms with E-state index in [-0.39, 0.29) is 5.82 Å². The average molecular weight is 337 g/mol. The van der Waals surface area contributed by atoms with Gasteiger partial charge in [0.1, 0.15) is 12.4 Å². The first kappa shape index (κ1) is 16.9. The predicted molar refractivity (Wildman–Crippen MR) is 97.7 cm³/mol. The van der Waals surface area contributed by atoms with E-state index in [1.165, 1.54) is 12.1 Å². The van der Waals surface area contributed by atoms with Gasteiger partial charge in [-0.15, -0.1) is 0 Å². The van der Waals surface area contributed by atoms with Gasteiger partial charge in [0.15, 0.2) is 0 Å². The van der Waals surface area contributed by atoms with Crippen LogP contribution >= 0.6 is 0 Å². The first-order valence-corrected chi connectivity index (χ1v) is 7.97. The highest BCUT2D eigenvalue weighted by molar-refractivity contribution is 5.59. The Morgan fingerprint density at radius 3 is 2.48 bits per heavy atom. The van der Waals surface area contributed by atoms with Gasteiger partial charge in [-0.1, -0.05) is 18.2 Å². The van der Waals surface area contributed by atoms with E-state index >= 15 is 0 Å². The quantitative estimate of drug-likeness (QED) is 0.563. The summed E-state index contributed by atoms with van der Waals surface area (Å²) in [6.07, 6.45) is 0. The van der Waals surface area contributed by atoms with Crippen LogP contribution in [0.4, 0.5) is 10.1 Å². The van der Waals surface area contributed by atoms with Crippen molar-refractivity contribution in [1.82, 2.24) is 4.98 Å². The first-order valence-electron chi connectivity index (χ1n) is 7.97. The van der Waals surface area contributed by atoms with Crippen molar-refractivity contribution >= 4 is 5.69 Å². The highest BCUT2D eigenvalue weighted by Gasteiger charge is 2.09. The normalized spacial score (nSPS) is 10.6. The highest BCUT2D eigenvalue weighted by Crippen LogP contribution is 2.24. The average Bonchev–Trinajstić information content (AvgIpc) is 2.61. The van der Waals surface area contributed by atoms with Crippen LogP contribution in [-0.4, -0.2) is 12.0 Å². The van der Waals surface area contributed by atoms with Crippen molar-refractivity contribution in [3.63, 3.8) is 0 Å². The van der Waals surface area contributed by atoms with Crippen molar-refractivity contribution < 1.29 is 9.13 Å². The number of nitrogens with zero attached hydrogens (tertiary/aromatic N) is 2. The Morgan fingerprint density at radius 2 is 1.76 bits per heavy atom. The first-order chi connectivity index (χ1) is 12.0. The zero-order valence-electron chi connectivity index (χ0n) is 14.2. The minimum atomic E-state index is -0.269.